The van der Waals surface area contributed by atoms with E-state index in [4.69, 9.17) is 0 Å². The van der Waals surface area contributed by atoms with Crippen molar-refractivity contribution in [2.45, 2.75) is 0 Å². The minimum Gasteiger partial charge on any atom is -0.476 e. The maximum Gasteiger partial charge on any atom is 0.356 e. The molecule has 100 valence electrons. The monoisotopic (exact) mass is 334 g/mol. The molecule has 3 rings (SSSR count). The Labute approximate surface area is 121 Å². The zero-order chi connectivity index (χ0) is 14.3. The second-order valence-electron chi connectivity index (χ2n) is 4.20. The van der Waals surface area contributed by atoms with E-state index in [1.165, 1.54) is 12.1 Å². The minimum absolute atomic E-state index is 0.0643. The summed E-state index contributed by atoms with van der Waals surface area (Å²) in [5, 5.41) is 9.22. The van der Waals surface area contributed by atoms with Crippen LogP contribution >= 0.6 is 15.9 Å². The average molecular weight is 335 g/mol. The lowest BCUT2D eigenvalue weighted by Crippen LogP contribution is -1.97. The minimum atomic E-state index is -1.12. The lowest BCUT2D eigenvalue weighted by atomic mass is 10.2. The third kappa shape index (κ3) is 2.08. The number of rotatable bonds is 2. The molecule has 0 unspecified atom stereocenters. The SMILES string of the molecule is O=C(O)c1nc(-c2cccc(F)c2)n2ccc(Br)cc12. The molecule has 0 aliphatic rings. The average Bonchev–Trinajstić information content (AvgIpc) is 2.77. The summed E-state index contributed by atoms with van der Waals surface area (Å²) in [7, 11) is 0. The fraction of sp³-hybridized carbons (Fsp3) is 0. The topological polar surface area (TPSA) is 54.6 Å². The zero-order valence-electron chi connectivity index (χ0n) is 10.0. The van der Waals surface area contributed by atoms with E-state index >= 15 is 0 Å². The van der Waals surface area contributed by atoms with E-state index in [0.29, 0.717) is 16.9 Å². The Morgan fingerprint density at radius 1 is 1.30 bits per heavy atom. The molecule has 3 aromatic rings. The number of carboxylic acids is 1. The quantitative estimate of drug-likeness (QED) is 0.779. The number of nitrogens with zero attached hydrogens (tertiary/aromatic N) is 2. The van der Waals surface area contributed by atoms with Crippen LogP contribution in [0.2, 0.25) is 0 Å². The van der Waals surface area contributed by atoms with Crippen molar-refractivity contribution >= 4 is 27.4 Å². The van der Waals surface area contributed by atoms with Crippen LogP contribution in [0.1, 0.15) is 10.5 Å². The highest BCUT2D eigenvalue weighted by Crippen LogP contribution is 2.25. The van der Waals surface area contributed by atoms with Gasteiger partial charge in [-0.05, 0) is 24.3 Å². The number of benzene rings is 1. The van der Waals surface area contributed by atoms with Gasteiger partial charge in [0.2, 0.25) is 0 Å². The molecule has 0 aliphatic heterocycles. The van der Waals surface area contributed by atoms with Crippen molar-refractivity contribution in [1.29, 1.82) is 0 Å². The molecule has 0 spiro atoms. The van der Waals surface area contributed by atoms with Crippen LogP contribution < -0.4 is 0 Å². The van der Waals surface area contributed by atoms with Crippen molar-refractivity contribution in [2.75, 3.05) is 0 Å². The van der Waals surface area contributed by atoms with E-state index in [-0.39, 0.29) is 5.69 Å². The summed E-state index contributed by atoms with van der Waals surface area (Å²) in [5.41, 5.74) is 0.909. The molecule has 0 saturated carbocycles. The Morgan fingerprint density at radius 3 is 2.80 bits per heavy atom. The van der Waals surface area contributed by atoms with Crippen LogP contribution in [0.15, 0.2) is 47.1 Å². The largest absolute Gasteiger partial charge is 0.476 e. The highest BCUT2D eigenvalue weighted by atomic mass is 79.9. The molecular weight excluding hydrogens is 327 g/mol. The molecule has 0 bridgehead atoms. The first-order valence-electron chi connectivity index (χ1n) is 5.73. The molecule has 6 heteroatoms. The van der Waals surface area contributed by atoms with Gasteiger partial charge in [0.15, 0.2) is 5.69 Å². The zero-order valence-corrected chi connectivity index (χ0v) is 11.6. The van der Waals surface area contributed by atoms with E-state index in [1.807, 2.05) is 0 Å². The number of aromatic nitrogens is 2. The molecule has 2 heterocycles. The molecule has 0 atom stereocenters. The van der Waals surface area contributed by atoms with Crippen LogP contribution in [0.4, 0.5) is 4.39 Å². The molecular formula is C14H8BrFN2O2. The summed E-state index contributed by atoms with van der Waals surface area (Å²) >= 11 is 3.30. The number of halogens is 2. The molecule has 0 amide bonds. The maximum absolute atomic E-state index is 13.3. The van der Waals surface area contributed by atoms with E-state index in [9.17, 15) is 14.3 Å². The van der Waals surface area contributed by atoms with E-state index in [1.54, 1.807) is 34.9 Å². The van der Waals surface area contributed by atoms with Crippen LogP contribution in [0.5, 0.6) is 0 Å². The summed E-state index contributed by atoms with van der Waals surface area (Å²) in [4.78, 5) is 15.4. The van der Waals surface area contributed by atoms with Crippen LogP contribution in [0.3, 0.4) is 0 Å². The summed E-state index contributed by atoms with van der Waals surface area (Å²) < 4.78 is 15.7. The fourth-order valence-electron chi connectivity index (χ4n) is 2.05. The predicted octanol–water partition coefficient (Wildman–Crippen LogP) is 3.60. The summed E-state index contributed by atoms with van der Waals surface area (Å²) in [6, 6.07) is 9.33. The highest BCUT2D eigenvalue weighted by Gasteiger charge is 2.18. The van der Waals surface area contributed by atoms with Gasteiger partial charge >= 0.3 is 5.97 Å². The second-order valence-corrected chi connectivity index (χ2v) is 5.12. The highest BCUT2D eigenvalue weighted by molar-refractivity contribution is 9.10. The first kappa shape index (κ1) is 12.8. The molecule has 0 aliphatic carbocycles. The number of fused-ring (bicyclic) bond motifs is 1. The van der Waals surface area contributed by atoms with Gasteiger partial charge in [-0.1, -0.05) is 28.1 Å². The molecule has 0 saturated heterocycles. The van der Waals surface area contributed by atoms with Crippen LogP contribution in [-0.4, -0.2) is 20.5 Å². The first-order valence-corrected chi connectivity index (χ1v) is 6.52. The van der Waals surface area contributed by atoms with Crippen LogP contribution in [-0.2, 0) is 0 Å². The van der Waals surface area contributed by atoms with E-state index in [0.717, 1.165) is 4.47 Å². The van der Waals surface area contributed by atoms with Crippen molar-refractivity contribution in [3.63, 3.8) is 0 Å². The third-order valence-corrected chi connectivity index (χ3v) is 3.38. The molecule has 4 nitrogen and oxygen atoms in total. The van der Waals surface area contributed by atoms with Gasteiger partial charge in [-0.3, -0.25) is 4.40 Å². The summed E-state index contributed by atoms with van der Waals surface area (Å²) in [6.45, 7) is 0. The summed E-state index contributed by atoms with van der Waals surface area (Å²) in [5.74, 6) is -1.12. The Bertz CT molecular complexity index is 829. The number of carbonyl (C=O) groups is 1. The molecule has 1 N–H and O–H groups in total. The maximum atomic E-state index is 13.3. The fourth-order valence-corrected chi connectivity index (χ4v) is 2.38. The number of hydrogen-bond acceptors (Lipinski definition) is 2. The van der Waals surface area contributed by atoms with Gasteiger partial charge in [0.05, 0.1) is 5.52 Å². The lowest BCUT2D eigenvalue weighted by Gasteiger charge is -2.01. The molecule has 0 fully saturated rings. The van der Waals surface area contributed by atoms with Gasteiger partial charge in [-0.2, -0.15) is 0 Å². The van der Waals surface area contributed by atoms with Crippen molar-refractivity contribution in [3.05, 3.63) is 58.6 Å². The second kappa shape index (κ2) is 4.72. The first-order chi connectivity index (χ1) is 9.56. The van der Waals surface area contributed by atoms with Crippen molar-refractivity contribution in [2.24, 2.45) is 0 Å². The number of aromatic carboxylic acids is 1. The number of imidazole rings is 1. The molecule has 1 aromatic carbocycles. The van der Waals surface area contributed by atoms with Crippen LogP contribution in [0.25, 0.3) is 16.9 Å². The van der Waals surface area contributed by atoms with Gasteiger partial charge in [0.25, 0.3) is 0 Å². The van der Waals surface area contributed by atoms with Gasteiger partial charge < -0.3 is 5.11 Å². The van der Waals surface area contributed by atoms with Gasteiger partial charge in [-0.15, -0.1) is 0 Å². The van der Waals surface area contributed by atoms with Crippen molar-refractivity contribution in [1.82, 2.24) is 9.38 Å². The van der Waals surface area contributed by atoms with E-state index < -0.39 is 11.8 Å². The normalized spacial score (nSPS) is 10.9. The lowest BCUT2D eigenvalue weighted by molar-refractivity contribution is 0.0693. The Morgan fingerprint density at radius 2 is 2.10 bits per heavy atom. The molecule has 0 radical (unpaired) electrons. The van der Waals surface area contributed by atoms with Crippen LogP contribution in [0, 0.1) is 5.82 Å². The molecule has 20 heavy (non-hydrogen) atoms. The Hall–Kier alpha value is -2.21. The number of carboxylic acid groups (broad SMARTS) is 1. The smallest absolute Gasteiger partial charge is 0.356 e. The standard InChI is InChI=1S/C14H8BrFN2O2/c15-9-4-5-18-11(7-9)12(14(19)20)17-13(18)8-2-1-3-10(16)6-8/h1-7H,(H,19,20). The van der Waals surface area contributed by atoms with Gasteiger partial charge in [-0.25, -0.2) is 14.2 Å². The number of pyridine rings is 1. The molecule has 2 aromatic heterocycles. The Balaban J connectivity index is 2.34. The van der Waals surface area contributed by atoms with Gasteiger partial charge in [0, 0.05) is 16.2 Å². The van der Waals surface area contributed by atoms with Crippen molar-refractivity contribution in [3.8, 4) is 11.4 Å². The van der Waals surface area contributed by atoms with E-state index in [2.05, 4.69) is 20.9 Å². The van der Waals surface area contributed by atoms with Crippen molar-refractivity contribution < 1.29 is 14.3 Å². The number of hydrogen-bond donors (Lipinski definition) is 1. The van der Waals surface area contributed by atoms with Gasteiger partial charge in [0.1, 0.15) is 11.6 Å². The predicted molar refractivity (Wildman–Crippen MR) is 75.2 cm³/mol. The Kier molecular flexibility index (Phi) is 3.02. The summed E-state index contributed by atoms with van der Waals surface area (Å²) in [6.07, 6.45) is 1.69. The third-order valence-electron chi connectivity index (χ3n) is 2.89.